The Morgan fingerprint density at radius 2 is 2.13 bits per heavy atom. The monoisotopic (exact) mass is 206 g/mol. The quantitative estimate of drug-likeness (QED) is 0.684. The van der Waals surface area contributed by atoms with E-state index in [1.54, 1.807) is 0 Å². The van der Waals surface area contributed by atoms with Crippen molar-refractivity contribution in [1.29, 1.82) is 0 Å². The molecule has 1 heterocycles. The summed E-state index contributed by atoms with van der Waals surface area (Å²) in [6, 6.07) is 10.4. The highest BCUT2D eigenvalue weighted by molar-refractivity contribution is 5.64. The molecule has 0 radical (unpaired) electrons. The Balaban J connectivity index is 1.96. The van der Waals surface area contributed by atoms with Gasteiger partial charge in [-0.1, -0.05) is 30.3 Å². The van der Waals surface area contributed by atoms with Crippen LogP contribution in [0.2, 0.25) is 0 Å². The molecule has 0 aromatic heterocycles. The van der Waals surface area contributed by atoms with Crippen LogP contribution in [0.3, 0.4) is 0 Å². The third-order valence-electron chi connectivity index (χ3n) is 2.66. The van der Waals surface area contributed by atoms with Crippen molar-refractivity contribution in [2.24, 2.45) is 0 Å². The van der Waals surface area contributed by atoms with Crippen LogP contribution < -0.4 is 10.6 Å². The van der Waals surface area contributed by atoms with Crippen molar-refractivity contribution in [3.8, 4) is 0 Å². The number of benzene rings is 1. The molecule has 0 aliphatic carbocycles. The first kappa shape index (κ1) is 9.98. The van der Waals surface area contributed by atoms with Crippen LogP contribution in [0.5, 0.6) is 0 Å². The smallest absolute Gasteiger partial charge is 0.404 e. The van der Waals surface area contributed by atoms with Gasteiger partial charge in [0, 0.05) is 18.6 Å². The van der Waals surface area contributed by atoms with E-state index in [1.807, 2.05) is 18.2 Å². The molecule has 0 spiro atoms. The zero-order valence-electron chi connectivity index (χ0n) is 8.31. The maximum atomic E-state index is 10.5. The SMILES string of the molecule is O=C(O)NC1CNC(c2ccccc2)C1. The van der Waals surface area contributed by atoms with E-state index < -0.39 is 6.09 Å². The molecule has 4 heteroatoms. The van der Waals surface area contributed by atoms with E-state index in [-0.39, 0.29) is 12.1 Å². The molecular formula is C11H14N2O2. The van der Waals surface area contributed by atoms with Gasteiger partial charge < -0.3 is 15.7 Å². The maximum absolute atomic E-state index is 10.5. The molecule has 1 aromatic carbocycles. The van der Waals surface area contributed by atoms with Crippen LogP contribution in [0.4, 0.5) is 4.79 Å². The molecule has 2 rings (SSSR count). The van der Waals surface area contributed by atoms with Crippen molar-refractivity contribution >= 4 is 6.09 Å². The molecule has 2 unspecified atom stereocenters. The van der Waals surface area contributed by atoms with E-state index >= 15 is 0 Å². The van der Waals surface area contributed by atoms with E-state index in [9.17, 15) is 4.79 Å². The number of amides is 1. The Morgan fingerprint density at radius 3 is 2.80 bits per heavy atom. The summed E-state index contributed by atoms with van der Waals surface area (Å²) >= 11 is 0. The predicted molar refractivity (Wildman–Crippen MR) is 56.8 cm³/mol. The largest absolute Gasteiger partial charge is 0.465 e. The summed E-state index contributed by atoms with van der Waals surface area (Å²) in [5, 5.41) is 14.4. The second-order valence-electron chi connectivity index (χ2n) is 3.75. The third kappa shape index (κ3) is 2.47. The number of rotatable bonds is 2. The third-order valence-corrected chi connectivity index (χ3v) is 2.66. The Kier molecular flexibility index (Phi) is 2.87. The molecule has 1 aliphatic heterocycles. The second-order valence-corrected chi connectivity index (χ2v) is 3.75. The van der Waals surface area contributed by atoms with Crippen molar-refractivity contribution in [2.45, 2.75) is 18.5 Å². The van der Waals surface area contributed by atoms with Crippen LogP contribution in [0.1, 0.15) is 18.0 Å². The van der Waals surface area contributed by atoms with Gasteiger partial charge in [0.2, 0.25) is 0 Å². The van der Waals surface area contributed by atoms with Crippen molar-refractivity contribution in [3.63, 3.8) is 0 Å². The van der Waals surface area contributed by atoms with Gasteiger partial charge in [-0.2, -0.15) is 0 Å². The van der Waals surface area contributed by atoms with E-state index in [0.717, 1.165) is 6.42 Å². The summed E-state index contributed by atoms with van der Waals surface area (Å²) in [6.45, 7) is 0.700. The molecule has 1 aliphatic rings. The summed E-state index contributed by atoms with van der Waals surface area (Å²) in [4.78, 5) is 10.5. The lowest BCUT2D eigenvalue weighted by Gasteiger charge is -2.10. The molecule has 1 saturated heterocycles. The summed E-state index contributed by atoms with van der Waals surface area (Å²) in [5.74, 6) is 0. The van der Waals surface area contributed by atoms with Crippen molar-refractivity contribution in [2.75, 3.05) is 6.54 Å². The lowest BCUT2D eigenvalue weighted by Crippen LogP contribution is -2.34. The van der Waals surface area contributed by atoms with Crippen molar-refractivity contribution in [3.05, 3.63) is 35.9 Å². The molecular weight excluding hydrogens is 192 g/mol. The molecule has 1 fully saturated rings. The molecule has 1 aromatic rings. The molecule has 4 nitrogen and oxygen atoms in total. The molecule has 1 amide bonds. The minimum atomic E-state index is -0.949. The molecule has 80 valence electrons. The zero-order valence-corrected chi connectivity index (χ0v) is 8.31. The average molecular weight is 206 g/mol. The summed E-state index contributed by atoms with van der Waals surface area (Å²) in [6.07, 6.45) is -0.133. The molecule has 2 atom stereocenters. The van der Waals surface area contributed by atoms with Gasteiger partial charge in [0.25, 0.3) is 0 Å². The van der Waals surface area contributed by atoms with Crippen LogP contribution in [-0.2, 0) is 0 Å². The minimum absolute atomic E-state index is 0.0210. The normalized spacial score (nSPS) is 25.1. The van der Waals surface area contributed by atoms with Gasteiger partial charge in [0.1, 0.15) is 0 Å². The van der Waals surface area contributed by atoms with Crippen molar-refractivity contribution in [1.82, 2.24) is 10.6 Å². The highest BCUT2D eigenvalue weighted by Gasteiger charge is 2.25. The van der Waals surface area contributed by atoms with Gasteiger partial charge >= 0.3 is 6.09 Å². The first-order chi connectivity index (χ1) is 7.25. The Bertz CT molecular complexity index is 340. The highest BCUT2D eigenvalue weighted by Crippen LogP contribution is 2.22. The van der Waals surface area contributed by atoms with E-state index in [2.05, 4.69) is 22.8 Å². The standard InChI is InChI=1S/C11H14N2O2/c14-11(15)13-9-6-10(12-7-9)8-4-2-1-3-5-8/h1-5,9-10,12-13H,6-7H2,(H,14,15). The fourth-order valence-electron chi connectivity index (χ4n) is 1.96. The number of hydrogen-bond donors (Lipinski definition) is 3. The van der Waals surface area contributed by atoms with Crippen molar-refractivity contribution < 1.29 is 9.90 Å². The van der Waals surface area contributed by atoms with E-state index in [0.29, 0.717) is 6.54 Å². The average Bonchev–Trinajstić information content (AvgIpc) is 2.67. The van der Waals surface area contributed by atoms with E-state index in [1.165, 1.54) is 5.56 Å². The predicted octanol–water partition coefficient (Wildman–Crippen LogP) is 1.36. The van der Waals surface area contributed by atoms with Gasteiger partial charge in [-0.05, 0) is 12.0 Å². The second kappa shape index (κ2) is 4.31. The van der Waals surface area contributed by atoms with Gasteiger partial charge in [0.05, 0.1) is 0 Å². The van der Waals surface area contributed by atoms with Crippen LogP contribution in [-0.4, -0.2) is 23.8 Å². The number of carboxylic acid groups (broad SMARTS) is 1. The fourth-order valence-corrected chi connectivity index (χ4v) is 1.96. The van der Waals surface area contributed by atoms with Gasteiger partial charge in [-0.25, -0.2) is 4.79 Å². The summed E-state index contributed by atoms with van der Waals surface area (Å²) < 4.78 is 0. The number of nitrogens with one attached hydrogen (secondary N) is 2. The molecule has 3 N–H and O–H groups in total. The molecule has 0 saturated carbocycles. The molecule has 0 bridgehead atoms. The van der Waals surface area contributed by atoms with Gasteiger partial charge in [0.15, 0.2) is 0 Å². The topological polar surface area (TPSA) is 61.4 Å². The first-order valence-corrected chi connectivity index (χ1v) is 5.03. The van der Waals surface area contributed by atoms with Crippen LogP contribution in [0.15, 0.2) is 30.3 Å². The minimum Gasteiger partial charge on any atom is -0.465 e. The van der Waals surface area contributed by atoms with Gasteiger partial charge in [-0.3, -0.25) is 0 Å². The summed E-state index contributed by atoms with van der Waals surface area (Å²) in [7, 11) is 0. The first-order valence-electron chi connectivity index (χ1n) is 5.03. The van der Waals surface area contributed by atoms with Crippen LogP contribution >= 0.6 is 0 Å². The Labute approximate surface area is 88.3 Å². The lowest BCUT2D eigenvalue weighted by atomic mass is 10.0. The number of carbonyl (C=O) groups is 1. The molecule has 15 heavy (non-hydrogen) atoms. The van der Waals surface area contributed by atoms with Gasteiger partial charge in [-0.15, -0.1) is 0 Å². The fraction of sp³-hybridized carbons (Fsp3) is 0.364. The van der Waals surface area contributed by atoms with E-state index in [4.69, 9.17) is 5.11 Å². The Morgan fingerprint density at radius 1 is 1.40 bits per heavy atom. The summed E-state index contributed by atoms with van der Waals surface area (Å²) in [5.41, 5.74) is 1.21. The maximum Gasteiger partial charge on any atom is 0.404 e. The number of hydrogen-bond acceptors (Lipinski definition) is 2. The highest BCUT2D eigenvalue weighted by atomic mass is 16.4. The van der Waals surface area contributed by atoms with Crippen LogP contribution in [0, 0.1) is 0 Å². The van der Waals surface area contributed by atoms with Crippen LogP contribution in [0.25, 0.3) is 0 Å². The Hall–Kier alpha value is -1.55. The zero-order chi connectivity index (χ0) is 10.7. The lowest BCUT2D eigenvalue weighted by molar-refractivity contribution is 0.190.